The minimum atomic E-state index is -0.0273. The second-order valence-electron chi connectivity index (χ2n) is 5.77. The molecule has 1 aliphatic rings. The van der Waals surface area contributed by atoms with Gasteiger partial charge in [0.2, 0.25) is 0 Å². The Hall–Kier alpha value is -0.660. The summed E-state index contributed by atoms with van der Waals surface area (Å²) in [4.78, 5) is 17.1. The van der Waals surface area contributed by atoms with E-state index in [2.05, 4.69) is 4.90 Å². The maximum atomic E-state index is 12.5. The minimum Gasteiger partial charge on any atom is -0.396 e. The van der Waals surface area contributed by atoms with Gasteiger partial charge in [0.1, 0.15) is 4.88 Å². The highest BCUT2D eigenvalue weighted by Gasteiger charge is 2.36. The Bertz CT molecular complexity index is 497. The van der Waals surface area contributed by atoms with Crippen molar-refractivity contribution in [1.29, 1.82) is 0 Å². The zero-order valence-corrected chi connectivity index (χ0v) is 14.6. The molecule has 1 aromatic heterocycles. The third kappa shape index (κ3) is 4.20. The number of aliphatic hydroxyl groups is 1. The molecule has 2 rings (SSSR count). The molecule has 7 heteroatoms. The van der Waals surface area contributed by atoms with Gasteiger partial charge in [-0.25, -0.2) is 0 Å². The number of nitrogens with zero attached hydrogens (tertiary/aromatic N) is 2. The molecule has 5 nitrogen and oxygen atoms in total. The maximum absolute atomic E-state index is 12.5. The molecule has 1 amide bonds. The number of aliphatic hydroxyl groups excluding tert-OH is 1. The molecule has 0 bridgehead atoms. The van der Waals surface area contributed by atoms with E-state index in [1.807, 2.05) is 17.3 Å². The lowest BCUT2D eigenvalue weighted by Gasteiger charge is -2.23. The number of hydrogen-bond acceptors (Lipinski definition) is 5. The number of carbonyl (C=O) groups excluding carboxylic acids is 1. The van der Waals surface area contributed by atoms with Gasteiger partial charge in [0.05, 0.1) is 11.6 Å². The Morgan fingerprint density at radius 2 is 2.27 bits per heavy atom. The van der Waals surface area contributed by atoms with Gasteiger partial charge in [-0.05, 0) is 24.4 Å². The standard InChI is InChI=1S/C15H23ClN2O3S/c1-17(4-5-21-2)7-11-8-18(9-12(11)10-19)15(20)14-13(16)3-6-22-14/h3,6,11-12,19H,4-5,7-10H2,1-2H3/t11-,12-/m1/s1. The van der Waals surface area contributed by atoms with Crippen molar-refractivity contribution in [2.24, 2.45) is 11.8 Å². The first-order valence-corrected chi connectivity index (χ1v) is 8.63. The maximum Gasteiger partial charge on any atom is 0.265 e. The highest BCUT2D eigenvalue weighted by Crippen LogP contribution is 2.29. The topological polar surface area (TPSA) is 53.0 Å². The van der Waals surface area contributed by atoms with Crippen molar-refractivity contribution in [3.8, 4) is 0 Å². The first-order chi connectivity index (χ1) is 10.6. The molecule has 0 aromatic carbocycles. The summed E-state index contributed by atoms with van der Waals surface area (Å²) in [5, 5.41) is 11.9. The number of halogens is 1. The van der Waals surface area contributed by atoms with Gasteiger partial charge < -0.3 is 19.6 Å². The van der Waals surface area contributed by atoms with E-state index >= 15 is 0 Å². The van der Waals surface area contributed by atoms with E-state index in [9.17, 15) is 9.90 Å². The Morgan fingerprint density at radius 1 is 1.55 bits per heavy atom. The molecule has 1 aromatic rings. The van der Waals surface area contributed by atoms with E-state index in [4.69, 9.17) is 16.3 Å². The Balaban J connectivity index is 1.97. The van der Waals surface area contributed by atoms with Crippen LogP contribution >= 0.6 is 22.9 Å². The van der Waals surface area contributed by atoms with Gasteiger partial charge in [-0.15, -0.1) is 11.3 Å². The molecular weight excluding hydrogens is 324 g/mol. The van der Waals surface area contributed by atoms with E-state index in [1.54, 1.807) is 13.2 Å². The number of thiophene rings is 1. The summed E-state index contributed by atoms with van der Waals surface area (Å²) < 4.78 is 5.08. The number of carbonyl (C=O) groups is 1. The van der Waals surface area contributed by atoms with Gasteiger partial charge in [-0.3, -0.25) is 4.79 Å². The SMILES string of the molecule is COCCN(C)C[C@@H]1CN(C(=O)c2sccc2Cl)C[C@@H]1CO. The van der Waals surface area contributed by atoms with Gasteiger partial charge in [0.15, 0.2) is 0 Å². The molecule has 0 unspecified atom stereocenters. The number of amides is 1. The summed E-state index contributed by atoms with van der Waals surface area (Å²) in [7, 11) is 3.72. The molecule has 1 fully saturated rings. The lowest BCUT2D eigenvalue weighted by Crippen LogP contribution is -2.33. The molecule has 124 valence electrons. The average molecular weight is 347 g/mol. The van der Waals surface area contributed by atoms with Crippen molar-refractivity contribution in [1.82, 2.24) is 9.80 Å². The van der Waals surface area contributed by atoms with E-state index in [0.29, 0.717) is 29.6 Å². The Morgan fingerprint density at radius 3 is 2.86 bits per heavy atom. The predicted molar refractivity (Wildman–Crippen MR) is 88.7 cm³/mol. The fourth-order valence-electron chi connectivity index (χ4n) is 2.85. The zero-order valence-electron chi connectivity index (χ0n) is 13.0. The van der Waals surface area contributed by atoms with Gasteiger partial charge in [0, 0.05) is 45.8 Å². The summed E-state index contributed by atoms with van der Waals surface area (Å²) in [5.41, 5.74) is 0. The monoisotopic (exact) mass is 346 g/mol. The quantitative estimate of drug-likeness (QED) is 0.816. The van der Waals surface area contributed by atoms with Crippen molar-refractivity contribution in [2.75, 3.05) is 53.6 Å². The molecule has 2 heterocycles. The van der Waals surface area contributed by atoms with Gasteiger partial charge in [0.25, 0.3) is 5.91 Å². The van der Waals surface area contributed by atoms with Crippen LogP contribution in [0, 0.1) is 11.8 Å². The van der Waals surface area contributed by atoms with Crippen molar-refractivity contribution in [2.45, 2.75) is 0 Å². The van der Waals surface area contributed by atoms with Crippen LogP contribution in [0.1, 0.15) is 9.67 Å². The van der Waals surface area contributed by atoms with Crippen LogP contribution in [0.5, 0.6) is 0 Å². The fraction of sp³-hybridized carbons (Fsp3) is 0.667. The van der Waals surface area contributed by atoms with Crippen LogP contribution in [-0.4, -0.2) is 74.4 Å². The number of ether oxygens (including phenoxy) is 1. The summed E-state index contributed by atoms with van der Waals surface area (Å²) in [6.45, 7) is 3.72. The molecule has 0 radical (unpaired) electrons. The largest absolute Gasteiger partial charge is 0.396 e. The van der Waals surface area contributed by atoms with Crippen LogP contribution in [0.25, 0.3) is 0 Å². The number of rotatable bonds is 7. The van der Waals surface area contributed by atoms with Gasteiger partial charge >= 0.3 is 0 Å². The van der Waals surface area contributed by atoms with Crippen LogP contribution in [0.4, 0.5) is 0 Å². The van der Waals surface area contributed by atoms with Crippen molar-refractivity contribution >= 4 is 28.8 Å². The van der Waals surface area contributed by atoms with Gasteiger partial charge in [-0.2, -0.15) is 0 Å². The van der Waals surface area contributed by atoms with Crippen molar-refractivity contribution in [3.63, 3.8) is 0 Å². The minimum absolute atomic E-state index is 0.0273. The highest BCUT2D eigenvalue weighted by molar-refractivity contribution is 7.12. The second-order valence-corrected chi connectivity index (χ2v) is 7.09. The van der Waals surface area contributed by atoms with E-state index in [-0.39, 0.29) is 24.3 Å². The zero-order chi connectivity index (χ0) is 16.1. The molecule has 0 aliphatic carbocycles. The molecule has 1 saturated heterocycles. The highest BCUT2D eigenvalue weighted by atomic mass is 35.5. The first kappa shape index (κ1) is 17.7. The summed E-state index contributed by atoms with van der Waals surface area (Å²) in [5.74, 6) is 0.364. The van der Waals surface area contributed by atoms with Crippen LogP contribution in [0.15, 0.2) is 11.4 Å². The number of hydrogen-bond donors (Lipinski definition) is 1. The molecular formula is C15H23ClN2O3S. The second kappa shape index (κ2) is 8.26. The fourth-order valence-corrected chi connectivity index (χ4v) is 3.95. The first-order valence-electron chi connectivity index (χ1n) is 7.37. The molecule has 2 atom stereocenters. The smallest absolute Gasteiger partial charge is 0.265 e. The van der Waals surface area contributed by atoms with E-state index in [0.717, 1.165) is 13.1 Å². The van der Waals surface area contributed by atoms with E-state index in [1.165, 1.54) is 11.3 Å². The third-order valence-electron chi connectivity index (χ3n) is 4.13. The summed E-state index contributed by atoms with van der Waals surface area (Å²) in [6, 6.07) is 1.75. The molecule has 0 saturated carbocycles. The molecule has 22 heavy (non-hydrogen) atoms. The lowest BCUT2D eigenvalue weighted by atomic mass is 9.96. The van der Waals surface area contributed by atoms with Crippen LogP contribution < -0.4 is 0 Å². The van der Waals surface area contributed by atoms with Gasteiger partial charge in [-0.1, -0.05) is 11.6 Å². The molecule has 1 aliphatic heterocycles. The van der Waals surface area contributed by atoms with Crippen LogP contribution in [0.2, 0.25) is 5.02 Å². The normalized spacial score (nSPS) is 21.8. The van der Waals surface area contributed by atoms with Crippen molar-refractivity contribution in [3.05, 3.63) is 21.3 Å². The molecule has 1 N–H and O–H groups in total. The summed E-state index contributed by atoms with van der Waals surface area (Å²) >= 11 is 7.42. The number of likely N-dealkylation sites (N-methyl/N-ethyl adjacent to an activating group) is 1. The predicted octanol–water partition coefficient (Wildman–Crippen LogP) is 1.66. The lowest BCUT2D eigenvalue weighted by molar-refractivity contribution is 0.0783. The summed E-state index contributed by atoms with van der Waals surface area (Å²) in [6.07, 6.45) is 0. The Labute approximate surface area is 140 Å². The number of likely N-dealkylation sites (tertiary alicyclic amines) is 1. The molecule has 0 spiro atoms. The third-order valence-corrected chi connectivity index (χ3v) is 5.46. The van der Waals surface area contributed by atoms with Crippen LogP contribution in [0.3, 0.4) is 0 Å². The van der Waals surface area contributed by atoms with Crippen molar-refractivity contribution < 1.29 is 14.6 Å². The van der Waals surface area contributed by atoms with Crippen LogP contribution in [-0.2, 0) is 4.74 Å². The number of methoxy groups -OCH3 is 1. The van der Waals surface area contributed by atoms with E-state index < -0.39 is 0 Å². The average Bonchev–Trinajstić information content (AvgIpc) is 3.10. The Kier molecular flexibility index (Phi) is 6.65.